The van der Waals surface area contributed by atoms with Crippen LogP contribution in [0.4, 0.5) is 10.6 Å². The average molecular weight is 290 g/mol. The molecule has 3 heterocycles. The van der Waals surface area contributed by atoms with Crippen LogP contribution in [-0.2, 0) is 11.3 Å². The molecule has 0 aromatic carbocycles. The minimum Gasteiger partial charge on any atom is -0.378 e. The molecule has 0 spiro atoms. The van der Waals surface area contributed by atoms with Crippen molar-refractivity contribution in [2.75, 3.05) is 44.3 Å². The molecule has 1 aromatic heterocycles. The van der Waals surface area contributed by atoms with Gasteiger partial charge in [0.25, 0.3) is 0 Å². The molecule has 114 valence electrons. The summed E-state index contributed by atoms with van der Waals surface area (Å²) in [6, 6.07) is 4.04. The van der Waals surface area contributed by atoms with Crippen molar-refractivity contribution in [3.8, 4) is 0 Å². The van der Waals surface area contributed by atoms with Gasteiger partial charge in [0, 0.05) is 38.9 Å². The van der Waals surface area contributed by atoms with E-state index in [2.05, 4.69) is 21.3 Å². The van der Waals surface area contributed by atoms with Crippen LogP contribution in [0.25, 0.3) is 0 Å². The van der Waals surface area contributed by atoms with E-state index in [0.717, 1.165) is 63.6 Å². The molecule has 21 heavy (non-hydrogen) atoms. The highest BCUT2D eigenvalue weighted by Crippen LogP contribution is 2.14. The van der Waals surface area contributed by atoms with Crippen molar-refractivity contribution in [1.82, 2.24) is 15.2 Å². The number of rotatable bonds is 3. The zero-order chi connectivity index (χ0) is 14.5. The van der Waals surface area contributed by atoms with Gasteiger partial charge < -0.3 is 19.9 Å². The summed E-state index contributed by atoms with van der Waals surface area (Å²) >= 11 is 0. The number of hydrogen-bond acceptors (Lipinski definition) is 4. The van der Waals surface area contributed by atoms with Crippen LogP contribution in [0.2, 0.25) is 0 Å². The van der Waals surface area contributed by atoms with E-state index in [-0.39, 0.29) is 6.03 Å². The molecule has 6 heteroatoms. The second-order valence-electron chi connectivity index (χ2n) is 5.47. The van der Waals surface area contributed by atoms with Gasteiger partial charge in [0.2, 0.25) is 0 Å². The van der Waals surface area contributed by atoms with Gasteiger partial charge in [-0.1, -0.05) is 0 Å². The fourth-order valence-electron chi connectivity index (χ4n) is 2.75. The number of carbonyl (C=O) groups excluding carboxylic acids is 1. The molecule has 1 aromatic rings. The Morgan fingerprint density at radius 1 is 1.24 bits per heavy atom. The van der Waals surface area contributed by atoms with Crippen molar-refractivity contribution < 1.29 is 9.53 Å². The number of hydrogen-bond donors (Lipinski definition) is 1. The van der Waals surface area contributed by atoms with E-state index in [1.165, 1.54) is 0 Å². The first kappa shape index (κ1) is 14.1. The van der Waals surface area contributed by atoms with Gasteiger partial charge in [-0.15, -0.1) is 0 Å². The zero-order valence-electron chi connectivity index (χ0n) is 12.3. The summed E-state index contributed by atoms with van der Waals surface area (Å²) in [5.74, 6) is 0.964. The summed E-state index contributed by atoms with van der Waals surface area (Å²) in [5, 5.41) is 2.99. The van der Waals surface area contributed by atoms with Gasteiger partial charge in [-0.25, -0.2) is 9.78 Å². The smallest absolute Gasteiger partial charge is 0.317 e. The number of anilines is 1. The quantitative estimate of drug-likeness (QED) is 0.909. The van der Waals surface area contributed by atoms with Gasteiger partial charge in [0.05, 0.1) is 13.2 Å². The highest BCUT2D eigenvalue weighted by atomic mass is 16.5. The van der Waals surface area contributed by atoms with Crippen LogP contribution in [0.1, 0.15) is 18.4 Å². The van der Waals surface area contributed by atoms with Crippen LogP contribution in [0, 0.1) is 0 Å². The van der Waals surface area contributed by atoms with Crippen molar-refractivity contribution in [3.05, 3.63) is 23.9 Å². The van der Waals surface area contributed by atoms with E-state index >= 15 is 0 Å². The minimum atomic E-state index is 0.0391. The van der Waals surface area contributed by atoms with Crippen molar-refractivity contribution >= 4 is 11.8 Å². The molecule has 0 unspecified atom stereocenters. The Kier molecular flexibility index (Phi) is 4.55. The van der Waals surface area contributed by atoms with Crippen LogP contribution in [0.5, 0.6) is 0 Å². The number of morpholine rings is 1. The first-order valence-corrected chi connectivity index (χ1v) is 7.63. The molecule has 2 aliphatic heterocycles. The maximum atomic E-state index is 12.0. The SMILES string of the molecule is O=C(NCc1ccnc(N2CCOCC2)c1)N1CCCC1. The Bertz CT molecular complexity index is 482. The standard InChI is InChI=1S/C15H22N4O2/c20-15(19-5-1-2-6-19)17-12-13-3-4-16-14(11-13)18-7-9-21-10-8-18/h3-4,11H,1-2,5-10,12H2,(H,17,20). The van der Waals surface area contributed by atoms with Crippen LogP contribution in [-0.4, -0.2) is 55.3 Å². The van der Waals surface area contributed by atoms with E-state index in [0.29, 0.717) is 6.54 Å². The van der Waals surface area contributed by atoms with E-state index in [1.807, 2.05) is 17.2 Å². The maximum Gasteiger partial charge on any atom is 0.317 e. The molecule has 2 amide bonds. The summed E-state index contributed by atoms with van der Waals surface area (Å²) in [6.07, 6.45) is 4.04. The van der Waals surface area contributed by atoms with Gasteiger partial charge >= 0.3 is 6.03 Å². The normalized spacial score (nSPS) is 18.9. The van der Waals surface area contributed by atoms with E-state index in [1.54, 1.807) is 0 Å². The number of ether oxygens (including phenoxy) is 1. The lowest BCUT2D eigenvalue weighted by atomic mass is 10.2. The number of pyridine rings is 1. The van der Waals surface area contributed by atoms with Crippen molar-refractivity contribution in [3.63, 3.8) is 0 Å². The third-order valence-electron chi connectivity index (χ3n) is 3.98. The largest absolute Gasteiger partial charge is 0.378 e. The highest BCUT2D eigenvalue weighted by molar-refractivity contribution is 5.74. The first-order valence-electron chi connectivity index (χ1n) is 7.63. The molecule has 2 saturated heterocycles. The van der Waals surface area contributed by atoms with Gasteiger partial charge in [-0.3, -0.25) is 0 Å². The Morgan fingerprint density at radius 3 is 2.76 bits per heavy atom. The molecule has 0 radical (unpaired) electrons. The summed E-state index contributed by atoms with van der Waals surface area (Å²) in [5.41, 5.74) is 1.08. The molecule has 2 fully saturated rings. The van der Waals surface area contributed by atoms with Crippen LogP contribution in [0.15, 0.2) is 18.3 Å². The monoisotopic (exact) mass is 290 g/mol. The fraction of sp³-hybridized carbons (Fsp3) is 0.600. The Hall–Kier alpha value is -1.82. The molecular formula is C15H22N4O2. The highest BCUT2D eigenvalue weighted by Gasteiger charge is 2.17. The lowest BCUT2D eigenvalue weighted by molar-refractivity contribution is 0.122. The molecule has 2 aliphatic rings. The van der Waals surface area contributed by atoms with Crippen molar-refractivity contribution in [1.29, 1.82) is 0 Å². The second kappa shape index (κ2) is 6.76. The second-order valence-corrected chi connectivity index (χ2v) is 5.47. The molecule has 0 aliphatic carbocycles. The van der Waals surface area contributed by atoms with Crippen molar-refractivity contribution in [2.45, 2.75) is 19.4 Å². The predicted molar refractivity (Wildman–Crippen MR) is 80.3 cm³/mol. The third-order valence-corrected chi connectivity index (χ3v) is 3.98. The molecule has 1 N–H and O–H groups in total. The van der Waals surface area contributed by atoms with Gasteiger partial charge in [-0.2, -0.15) is 0 Å². The molecular weight excluding hydrogens is 268 g/mol. The first-order chi connectivity index (χ1) is 10.3. The van der Waals surface area contributed by atoms with Crippen LogP contribution in [0.3, 0.4) is 0 Å². The third kappa shape index (κ3) is 3.64. The zero-order valence-corrected chi connectivity index (χ0v) is 12.3. The number of nitrogens with one attached hydrogen (secondary N) is 1. The Morgan fingerprint density at radius 2 is 2.00 bits per heavy atom. The van der Waals surface area contributed by atoms with Crippen LogP contribution >= 0.6 is 0 Å². The molecule has 0 bridgehead atoms. The minimum absolute atomic E-state index is 0.0391. The van der Waals surface area contributed by atoms with Crippen LogP contribution < -0.4 is 10.2 Å². The lowest BCUT2D eigenvalue weighted by Gasteiger charge is -2.28. The van der Waals surface area contributed by atoms with Gasteiger partial charge in [0.1, 0.15) is 5.82 Å². The average Bonchev–Trinajstić information content (AvgIpc) is 3.08. The number of aromatic nitrogens is 1. The molecule has 3 rings (SSSR count). The number of amides is 2. The fourth-order valence-corrected chi connectivity index (χ4v) is 2.75. The van der Waals surface area contributed by atoms with Gasteiger partial charge in [-0.05, 0) is 30.5 Å². The summed E-state index contributed by atoms with van der Waals surface area (Å²) in [4.78, 5) is 20.5. The van der Waals surface area contributed by atoms with E-state index in [4.69, 9.17) is 4.74 Å². The Balaban J connectivity index is 1.56. The summed E-state index contributed by atoms with van der Waals surface area (Å²) < 4.78 is 5.36. The van der Waals surface area contributed by atoms with Gasteiger partial charge in [0.15, 0.2) is 0 Å². The van der Waals surface area contributed by atoms with E-state index < -0.39 is 0 Å². The predicted octanol–water partition coefficient (Wildman–Crippen LogP) is 1.22. The lowest BCUT2D eigenvalue weighted by Crippen LogP contribution is -2.38. The number of urea groups is 1. The van der Waals surface area contributed by atoms with E-state index in [9.17, 15) is 4.79 Å². The number of nitrogens with zero attached hydrogens (tertiary/aromatic N) is 3. The van der Waals surface area contributed by atoms with Crippen molar-refractivity contribution in [2.24, 2.45) is 0 Å². The summed E-state index contributed by atoms with van der Waals surface area (Å²) in [6.45, 7) is 5.54. The number of likely N-dealkylation sites (tertiary alicyclic amines) is 1. The molecule has 0 atom stereocenters. The number of carbonyl (C=O) groups is 1. The molecule has 6 nitrogen and oxygen atoms in total. The summed E-state index contributed by atoms with van der Waals surface area (Å²) in [7, 11) is 0. The topological polar surface area (TPSA) is 57.7 Å². The molecule has 0 saturated carbocycles. The Labute approximate surface area is 125 Å². The maximum absolute atomic E-state index is 12.0.